The van der Waals surface area contributed by atoms with Gasteiger partial charge in [0.1, 0.15) is 17.5 Å². The van der Waals surface area contributed by atoms with E-state index >= 15 is 0 Å². The first-order valence-electron chi connectivity index (χ1n) is 7.83. The third kappa shape index (κ3) is 3.64. The Hall–Kier alpha value is -1.10. The van der Waals surface area contributed by atoms with E-state index in [1.165, 1.54) is 13.0 Å². The first-order chi connectivity index (χ1) is 12.6. The molecule has 13 heteroatoms. The molecule has 0 bridgehead atoms. The fourth-order valence-electron chi connectivity index (χ4n) is 3.01. The third-order valence-corrected chi connectivity index (χ3v) is 7.23. The Bertz CT molecular complexity index is 777. The molecule has 1 fully saturated rings. The van der Waals surface area contributed by atoms with Crippen LogP contribution in [-0.2, 0) is 18.3 Å². The minimum atomic E-state index is -4.23. The number of hydrogen-bond acceptors (Lipinski definition) is 8. The second-order valence-corrected chi connectivity index (χ2v) is 8.67. The second kappa shape index (κ2) is 8.10. The largest absolute Gasteiger partial charge is 0.387 e. The predicted octanol–water partition coefficient (Wildman–Crippen LogP) is 1.45. The number of nitrogen functional groups attached to an aromatic ring is 1. The second-order valence-electron chi connectivity index (χ2n) is 6.09. The van der Waals surface area contributed by atoms with Gasteiger partial charge in [0.15, 0.2) is 12.4 Å². The Balaban J connectivity index is 2.44. The third-order valence-electron chi connectivity index (χ3n) is 4.74. The van der Waals surface area contributed by atoms with Crippen LogP contribution in [0.1, 0.15) is 13.2 Å². The van der Waals surface area contributed by atoms with Crippen molar-refractivity contribution in [2.45, 2.75) is 36.9 Å². The summed E-state index contributed by atoms with van der Waals surface area (Å²) in [4.78, 5) is 15.4. The van der Waals surface area contributed by atoms with Gasteiger partial charge >= 0.3 is 13.3 Å². The standard InChI is InChI=1S/C14H21ClF2N3O6P/c1-7(11(17)27(23,24-2)25-3)14(6-15)10(21)9(16)12(26-14)20-5-4-8(18)19-13(20)22/h4-5,7,9-12,21H,6H2,1-3H3,(H2,18,19,22)/t7?,9-,10+,11?,12-,14-/m1/s1. The van der Waals surface area contributed by atoms with Crippen LogP contribution >= 0.6 is 19.2 Å². The zero-order chi connectivity index (χ0) is 20.6. The summed E-state index contributed by atoms with van der Waals surface area (Å²) in [5.41, 5.74) is 2.45. The van der Waals surface area contributed by atoms with Gasteiger partial charge < -0.3 is 24.6 Å². The number of nitrogens with zero attached hydrogens (tertiary/aromatic N) is 2. The van der Waals surface area contributed by atoms with Crippen LogP contribution in [0.3, 0.4) is 0 Å². The molecule has 1 aromatic rings. The van der Waals surface area contributed by atoms with Crippen molar-refractivity contribution in [3.8, 4) is 0 Å². The Morgan fingerprint density at radius 1 is 1.56 bits per heavy atom. The molecule has 0 radical (unpaired) electrons. The van der Waals surface area contributed by atoms with Gasteiger partial charge in [-0.05, 0) is 6.07 Å². The van der Waals surface area contributed by atoms with Crippen molar-refractivity contribution in [3.63, 3.8) is 0 Å². The molecule has 1 aromatic heterocycles. The Labute approximate surface area is 158 Å². The quantitative estimate of drug-likeness (QED) is 0.490. The number of alkyl halides is 3. The topological polar surface area (TPSA) is 126 Å². The average Bonchev–Trinajstić information content (AvgIpc) is 2.92. The molecule has 154 valence electrons. The van der Waals surface area contributed by atoms with Crippen molar-refractivity contribution in [2.75, 3.05) is 25.8 Å². The highest BCUT2D eigenvalue weighted by Gasteiger charge is 2.62. The summed E-state index contributed by atoms with van der Waals surface area (Å²) in [6, 6.07) is 1.23. The first kappa shape index (κ1) is 22.2. The molecule has 0 saturated carbocycles. The molecule has 3 N–H and O–H groups in total. The molecule has 0 aromatic carbocycles. The number of aliphatic hydroxyl groups excluding tert-OH is 1. The highest BCUT2D eigenvalue weighted by molar-refractivity contribution is 7.54. The normalized spacial score (nSPS) is 31.0. The number of anilines is 1. The molecule has 2 rings (SSSR count). The Morgan fingerprint density at radius 3 is 2.63 bits per heavy atom. The summed E-state index contributed by atoms with van der Waals surface area (Å²) in [6.45, 7) is 1.22. The maximum atomic E-state index is 14.9. The SMILES string of the molecule is COP(=O)(OC)C(F)C(C)[C@@]1(CCl)O[C@@H](n2ccc(N)nc2=O)[C@H](F)[C@@H]1O. The van der Waals surface area contributed by atoms with Crippen LogP contribution in [0, 0.1) is 5.92 Å². The van der Waals surface area contributed by atoms with Gasteiger partial charge in [-0.15, -0.1) is 11.6 Å². The number of aromatic nitrogens is 2. The van der Waals surface area contributed by atoms with Crippen molar-refractivity contribution < 1.29 is 32.2 Å². The van der Waals surface area contributed by atoms with Crippen molar-refractivity contribution >= 4 is 25.0 Å². The smallest absolute Gasteiger partial charge is 0.364 e. The molecule has 2 heterocycles. The van der Waals surface area contributed by atoms with Gasteiger partial charge in [-0.3, -0.25) is 9.13 Å². The van der Waals surface area contributed by atoms with E-state index in [0.29, 0.717) is 0 Å². The van der Waals surface area contributed by atoms with E-state index in [1.807, 2.05) is 0 Å². The van der Waals surface area contributed by atoms with Gasteiger partial charge in [0.2, 0.25) is 5.91 Å². The summed E-state index contributed by atoms with van der Waals surface area (Å²) in [5, 5.41) is 10.4. The number of aliphatic hydroxyl groups is 1. The zero-order valence-corrected chi connectivity index (χ0v) is 16.4. The molecule has 0 amide bonds. The van der Waals surface area contributed by atoms with Crippen LogP contribution in [0.2, 0.25) is 0 Å². The van der Waals surface area contributed by atoms with E-state index in [0.717, 1.165) is 25.0 Å². The molecule has 6 atom stereocenters. The number of ether oxygens (including phenoxy) is 1. The lowest BCUT2D eigenvalue weighted by Gasteiger charge is -2.38. The lowest BCUT2D eigenvalue weighted by atomic mass is 9.85. The maximum absolute atomic E-state index is 14.9. The van der Waals surface area contributed by atoms with E-state index in [4.69, 9.17) is 22.1 Å². The van der Waals surface area contributed by atoms with Crippen LogP contribution in [0.25, 0.3) is 0 Å². The van der Waals surface area contributed by atoms with Crippen LogP contribution in [0.5, 0.6) is 0 Å². The number of nitrogens with two attached hydrogens (primary N) is 1. The van der Waals surface area contributed by atoms with Crippen LogP contribution in [0.15, 0.2) is 17.1 Å². The van der Waals surface area contributed by atoms with Crippen molar-refractivity contribution in [2.24, 2.45) is 5.92 Å². The molecule has 0 spiro atoms. The highest BCUT2D eigenvalue weighted by Crippen LogP contribution is 2.58. The Morgan fingerprint density at radius 2 is 2.15 bits per heavy atom. The highest BCUT2D eigenvalue weighted by atomic mass is 35.5. The predicted molar refractivity (Wildman–Crippen MR) is 93.1 cm³/mol. The summed E-state index contributed by atoms with van der Waals surface area (Å²) < 4.78 is 57.7. The van der Waals surface area contributed by atoms with Crippen molar-refractivity contribution in [3.05, 3.63) is 22.7 Å². The number of halogens is 3. The van der Waals surface area contributed by atoms with E-state index in [1.54, 1.807) is 0 Å². The molecule has 1 aliphatic rings. The molecular weight excluding hydrogens is 411 g/mol. The van der Waals surface area contributed by atoms with E-state index in [2.05, 4.69) is 14.0 Å². The zero-order valence-electron chi connectivity index (χ0n) is 14.8. The molecule has 1 saturated heterocycles. The average molecular weight is 432 g/mol. The van der Waals surface area contributed by atoms with E-state index < -0.39 is 55.1 Å². The molecular formula is C14H21ClF2N3O6P. The lowest BCUT2D eigenvalue weighted by Crippen LogP contribution is -2.52. The summed E-state index contributed by atoms with van der Waals surface area (Å²) in [7, 11) is -2.25. The van der Waals surface area contributed by atoms with Gasteiger partial charge in [-0.2, -0.15) is 4.98 Å². The minimum Gasteiger partial charge on any atom is -0.387 e. The van der Waals surface area contributed by atoms with Gasteiger partial charge in [-0.1, -0.05) is 6.92 Å². The summed E-state index contributed by atoms with van der Waals surface area (Å²) in [5.74, 6) is -4.35. The summed E-state index contributed by atoms with van der Waals surface area (Å²) in [6.07, 6.45) is -4.59. The van der Waals surface area contributed by atoms with Crippen LogP contribution < -0.4 is 11.4 Å². The molecule has 0 aliphatic carbocycles. The van der Waals surface area contributed by atoms with Gasteiger partial charge in [0, 0.05) is 26.3 Å². The van der Waals surface area contributed by atoms with E-state index in [9.17, 15) is 23.2 Å². The lowest BCUT2D eigenvalue weighted by molar-refractivity contribution is -0.128. The molecule has 9 nitrogen and oxygen atoms in total. The fourth-order valence-corrected chi connectivity index (χ4v) is 4.82. The Kier molecular flexibility index (Phi) is 6.66. The van der Waals surface area contributed by atoms with Crippen LogP contribution in [0.4, 0.5) is 14.6 Å². The number of rotatable bonds is 7. The van der Waals surface area contributed by atoms with Crippen LogP contribution in [-0.4, -0.2) is 58.5 Å². The summed E-state index contributed by atoms with van der Waals surface area (Å²) >= 11 is 5.91. The molecule has 27 heavy (non-hydrogen) atoms. The monoisotopic (exact) mass is 431 g/mol. The fraction of sp³-hybridized carbons (Fsp3) is 0.714. The van der Waals surface area contributed by atoms with Gasteiger partial charge in [0.05, 0.1) is 5.88 Å². The van der Waals surface area contributed by atoms with Crippen molar-refractivity contribution in [1.82, 2.24) is 9.55 Å². The number of hydrogen-bond donors (Lipinski definition) is 2. The van der Waals surface area contributed by atoms with E-state index in [-0.39, 0.29) is 5.82 Å². The van der Waals surface area contributed by atoms with Crippen molar-refractivity contribution in [1.29, 1.82) is 0 Å². The van der Waals surface area contributed by atoms with Gasteiger partial charge in [0.25, 0.3) is 0 Å². The molecule has 2 unspecified atom stereocenters. The molecule has 1 aliphatic heterocycles. The minimum absolute atomic E-state index is 0.0906. The first-order valence-corrected chi connectivity index (χ1v) is 9.98. The maximum Gasteiger partial charge on any atom is 0.364 e. The van der Waals surface area contributed by atoms with Gasteiger partial charge in [-0.25, -0.2) is 13.6 Å².